The Balaban J connectivity index is 2.73. The van der Waals surface area contributed by atoms with Gasteiger partial charge in [-0.05, 0) is 15.9 Å². The Hall–Kier alpha value is -0.670. The van der Waals surface area contributed by atoms with Crippen molar-refractivity contribution in [1.82, 2.24) is 4.98 Å². The molecule has 9 heteroatoms. The van der Waals surface area contributed by atoms with Crippen LogP contribution in [0.2, 0.25) is 0 Å². The Labute approximate surface area is 92.2 Å². The van der Waals surface area contributed by atoms with Crippen LogP contribution in [-0.2, 0) is 14.8 Å². The van der Waals surface area contributed by atoms with Crippen molar-refractivity contribution in [2.75, 3.05) is 10.5 Å². The maximum Gasteiger partial charge on any atom is 0.320 e. The molecule has 1 rings (SSSR count). The molecule has 6 nitrogen and oxygen atoms in total. The number of carboxylic acid groups (broad SMARTS) is 1. The summed E-state index contributed by atoms with van der Waals surface area (Å²) < 4.78 is 24.9. The van der Waals surface area contributed by atoms with E-state index in [9.17, 15) is 13.2 Å². The summed E-state index contributed by atoms with van der Waals surface area (Å²) in [4.78, 5) is 13.9. The molecule has 78 valence electrons. The number of aliphatic carboxylic acids is 1. The highest BCUT2D eigenvalue weighted by Gasteiger charge is 2.16. The number of anilines is 1. The van der Waals surface area contributed by atoms with Crippen LogP contribution >= 0.6 is 27.3 Å². The maximum atomic E-state index is 11.1. The van der Waals surface area contributed by atoms with Crippen molar-refractivity contribution >= 4 is 48.4 Å². The summed E-state index contributed by atoms with van der Waals surface area (Å²) in [6, 6.07) is 0. The first-order valence-corrected chi connectivity index (χ1v) is 6.49. The summed E-state index contributed by atoms with van der Waals surface area (Å²) in [6.07, 6.45) is 1.42. The molecule has 0 amide bonds. The van der Waals surface area contributed by atoms with Gasteiger partial charge in [0.25, 0.3) is 0 Å². The molecule has 0 bridgehead atoms. The molecular weight excluding hydrogens is 296 g/mol. The topological polar surface area (TPSA) is 96.4 Å². The summed E-state index contributed by atoms with van der Waals surface area (Å²) in [5.74, 6) is -2.38. The molecule has 0 aliphatic rings. The number of hydrogen-bond acceptors (Lipinski definition) is 5. The van der Waals surface area contributed by atoms with Crippen LogP contribution in [0.5, 0.6) is 0 Å². The van der Waals surface area contributed by atoms with Crippen molar-refractivity contribution < 1.29 is 18.3 Å². The van der Waals surface area contributed by atoms with Crippen LogP contribution in [0, 0.1) is 0 Å². The van der Waals surface area contributed by atoms with Gasteiger partial charge >= 0.3 is 5.97 Å². The van der Waals surface area contributed by atoms with Gasteiger partial charge in [0.05, 0.1) is 9.98 Å². The molecule has 0 aliphatic carbocycles. The molecule has 1 aromatic heterocycles. The maximum absolute atomic E-state index is 11.1. The Kier molecular flexibility index (Phi) is 3.45. The number of hydrogen-bond donors (Lipinski definition) is 2. The lowest BCUT2D eigenvalue weighted by atomic mass is 10.8. The van der Waals surface area contributed by atoms with E-state index in [2.05, 4.69) is 20.9 Å². The van der Waals surface area contributed by atoms with Crippen molar-refractivity contribution in [1.29, 1.82) is 0 Å². The van der Waals surface area contributed by atoms with E-state index in [1.165, 1.54) is 6.20 Å². The normalized spacial score (nSPS) is 11.2. The van der Waals surface area contributed by atoms with E-state index >= 15 is 0 Å². The second-order valence-electron chi connectivity index (χ2n) is 2.22. The zero-order valence-corrected chi connectivity index (χ0v) is 9.82. The van der Waals surface area contributed by atoms with E-state index in [-0.39, 0.29) is 5.13 Å². The van der Waals surface area contributed by atoms with Gasteiger partial charge in [-0.2, -0.15) is 0 Å². The minimum Gasteiger partial charge on any atom is -0.480 e. The van der Waals surface area contributed by atoms with E-state index in [0.717, 1.165) is 11.3 Å². The molecule has 0 radical (unpaired) electrons. The Morgan fingerprint density at radius 2 is 2.36 bits per heavy atom. The van der Waals surface area contributed by atoms with Crippen LogP contribution in [0.1, 0.15) is 0 Å². The monoisotopic (exact) mass is 300 g/mol. The predicted molar refractivity (Wildman–Crippen MR) is 54.9 cm³/mol. The Morgan fingerprint density at radius 1 is 1.71 bits per heavy atom. The summed E-state index contributed by atoms with van der Waals surface area (Å²) in [6.45, 7) is 0. The fourth-order valence-electron chi connectivity index (χ4n) is 0.633. The molecule has 0 spiro atoms. The number of carbonyl (C=O) groups is 1. The number of nitrogens with one attached hydrogen (secondary N) is 1. The van der Waals surface area contributed by atoms with Crippen LogP contribution in [0.15, 0.2) is 9.98 Å². The van der Waals surface area contributed by atoms with Crippen molar-refractivity contribution in [2.24, 2.45) is 0 Å². The summed E-state index contributed by atoms with van der Waals surface area (Å²) in [7, 11) is -3.84. The fraction of sp³-hybridized carbons (Fsp3) is 0.200. The van der Waals surface area contributed by atoms with Gasteiger partial charge in [-0.1, -0.05) is 11.3 Å². The van der Waals surface area contributed by atoms with Crippen LogP contribution in [0.4, 0.5) is 5.13 Å². The summed E-state index contributed by atoms with van der Waals surface area (Å²) >= 11 is 4.16. The number of halogens is 1. The van der Waals surface area contributed by atoms with Gasteiger partial charge in [-0.25, -0.2) is 13.4 Å². The molecule has 0 aromatic carbocycles. The van der Waals surface area contributed by atoms with Crippen molar-refractivity contribution in [3.8, 4) is 0 Å². The Bertz CT molecular complexity index is 440. The lowest BCUT2D eigenvalue weighted by Gasteiger charge is -2.00. The van der Waals surface area contributed by atoms with Crippen LogP contribution in [0.25, 0.3) is 0 Å². The number of sulfonamides is 1. The van der Waals surface area contributed by atoms with E-state index in [1.54, 1.807) is 0 Å². The van der Waals surface area contributed by atoms with Crippen LogP contribution in [-0.4, -0.2) is 30.2 Å². The Morgan fingerprint density at radius 3 is 2.79 bits per heavy atom. The SMILES string of the molecule is O=C(O)CS(=O)(=O)Nc1ncc(Br)s1. The highest BCUT2D eigenvalue weighted by Crippen LogP contribution is 2.23. The molecular formula is C5H5BrN2O4S2. The van der Waals surface area contributed by atoms with Gasteiger partial charge < -0.3 is 5.11 Å². The number of carboxylic acids is 1. The van der Waals surface area contributed by atoms with Gasteiger partial charge in [0.2, 0.25) is 10.0 Å². The number of aromatic nitrogens is 1. The van der Waals surface area contributed by atoms with Gasteiger partial charge in [-0.3, -0.25) is 9.52 Å². The first-order valence-electron chi connectivity index (χ1n) is 3.23. The minimum atomic E-state index is -3.84. The first-order chi connectivity index (χ1) is 6.39. The van der Waals surface area contributed by atoms with Gasteiger partial charge in [0.1, 0.15) is 0 Å². The number of rotatable bonds is 4. The molecule has 0 atom stereocenters. The van der Waals surface area contributed by atoms with Gasteiger partial charge in [0.15, 0.2) is 10.9 Å². The van der Waals surface area contributed by atoms with Crippen molar-refractivity contribution in [3.05, 3.63) is 9.98 Å². The minimum absolute atomic E-state index is 0.137. The molecule has 2 N–H and O–H groups in total. The summed E-state index contributed by atoms with van der Waals surface area (Å²) in [5, 5.41) is 8.42. The molecule has 0 saturated heterocycles. The van der Waals surface area contributed by atoms with Crippen molar-refractivity contribution in [3.63, 3.8) is 0 Å². The van der Waals surface area contributed by atoms with E-state index < -0.39 is 21.7 Å². The molecule has 0 fully saturated rings. The lowest BCUT2D eigenvalue weighted by Crippen LogP contribution is -2.22. The third-order valence-corrected chi connectivity index (χ3v) is 3.69. The third-order valence-electron chi connectivity index (χ3n) is 1.03. The molecule has 0 aliphatic heterocycles. The first kappa shape index (κ1) is 11.4. The van der Waals surface area contributed by atoms with E-state index in [4.69, 9.17) is 5.11 Å². The highest BCUT2D eigenvalue weighted by atomic mass is 79.9. The van der Waals surface area contributed by atoms with Crippen LogP contribution in [0.3, 0.4) is 0 Å². The smallest absolute Gasteiger partial charge is 0.320 e. The number of nitrogens with zero attached hydrogens (tertiary/aromatic N) is 1. The van der Waals surface area contributed by atoms with E-state index in [1.807, 2.05) is 4.72 Å². The van der Waals surface area contributed by atoms with E-state index in [0.29, 0.717) is 3.79 Å². The number of thiazole rings is 1. The lowest BCUT2D eigenvalue weighted by molar-refractivity contribution is -0.134. The largest absolute Gasteiger partial charge is 0.480 e. The second-order valence-corrected chi connectivity index (χ2v) is 6.36. The average molecular weight is 301 g/mol. The molecule has 0 saturated carbocycles. The van der Waals surface area contributed by atoms with Crippen molar-refractivity contribution in [2.45, 2.75) is 0 Å². The van der Waals surface area contributed by atoms with Gasteiger partial charge in [-0.15, -0.1) is 0 Å². The quantitative estimate of drug-likeness (QED) is 0.854. The highest BCUT2D eigenvalue weighted by molar-refractivity contribution is 9.11. The zero-order chi connectivity index (χ0) is 10.8. The summed E-state index contributed by atoms with van der Waals surface area (Å²) in [5.41, 5.74) is 0. The standard InChI is InChI=1S/C5H5BrN2O4S2/c6-3-1-7-5(13-3)8-14(11,12)2-4(9)10/h1H,2H2,(H,7,8)(H,9,10). The molecule has 1 aromatic rings. The third kappa shape index (κ3) is 3.60. The molecule has 14 heavy (non-hydrogen) atoms. The molecule has 0 unspecified atom stereocenters. The van der Waals surface area contributed by atoms with Crippen LogP contribution < -0.4 is 4.72 Å². The average Bonchev–Trinajstić information content (AvgIpc) is 2.30. The second kappa shape index (κ2) is 4.24. The zero-order valence-electron chi connectivity index (χ0n) is 6.60. The van der Waals surface area contributed by atoms with Gasteiger partial charge in [0, 0.05) is 0 Å². The molecule has 1 heterocycles. The fourth-order valence-corrected chi connectivity index (χ4v) is 2.85. The predicted octanol–water partition coefficient (Wildman–Crippen LogP) is 0.732.